The number of rotatable bonds is 5. The maximum absolute atomic E-state index is 13.0. The lowest BCUT2D eigenvalue weighted by Crippen LogP contribution is -2.35. The number of hydrogen-bond acceptors (Lipinski definition) is 10. The van der Waals surface area contributed by atoms with E-state index in [9.17, 15) is 40.7 Å². The third-order valence-corrected chi connectivity index (χ3v) is 7.55. The molecule has 0 atom stereocenters. The van der Waals surface area contributed by atoms with Crippen LogP contribution in [0.4, 0.5) is 53.0 Å². The molecular formula is C25H20Br2F6N6O6S3. The molecule has 1 heterocycles. The molecule has 0 fully saturated rings. The average molecular weight is 870 g/mol. The number of amides is 3. The summed E-state index contributed by atoms with van der Waals surface area (Å²) in [6, 6.07) is 8.74. The van der Waals surface area contributed by atoms with Crippen molar-refractivity contribution in [2.45, 2.75) is 19.5 Å². The molecule has 0 aliphatic heterocycles. The molecule has 0 spiro atoms. The number of hydrogen-bond donors (Lipinski definition) is 5. The highest BCUT2D eigenvalue weighted by Gasteiger charge is 2.39. The molecule has 0 aliphatic rings. The third-order valence-electron chi connectivity index (χ3n) is 4.92. The monoisotopic (exact) mass is 868 g/mol. The normalized spacial score (nSPS) is 10.8. The summed E-state index contributed by atoms with van der Waals surface area (Å²) < 4.78 is 88.2. The fourth-order valence-corrected chi connectivity index (χ4v) is 5.66. The number of thiocarbonyl (C=S) groups is 2. The average Bonchev–Trinajstić information content (AvgIpc) is 3.37. The quantitative estimate of drug-likeness (QED) is 0.126. The Morgan fingerprint density at radius 2 is 1.29 bits per heavy atom. The van der Waals surface area contributed by atoms with Crippen LogP contribution >= 0.6 is 67.6 Å². The molecule has 0 radical (unpaired) electrons. The number of alkyl halides is 6. The summed E-state index contributed by atoms with van der Waals surface area (Å²) >= 11 is 16.4. The third kappa shape index (κ3) is 13.0. The van der Waals surface area contributed by atoms with Gasteiger partial charge in [-0.3, -0.25) is 15.4 Å². The number of anilines is 3. The summed E-state index contributed by atoms with van der Waals surface area (Å²) in [6.45, 7) is 1.31. The number of thiazole rings is 1. The molecule has 3 aromatic rings. The highest BCUT2D eigenvalue weighted by molar-refractivity contribution is 9.11. The number of aromatic nitrogens is 1. The topological polar surface area (TPSA) is 152 Å². The molecule has 48 heavy (non-hydrogen) atoms. The summed E-state index contributed by atoms with van der Waals surface area (Å²) in [5.74, 6) is -1.69. The van der Waals surface area contributed by atoms with E-state index in [2.05, 4.69) is 77.6 Å². The van der Waals surface area contributed by atoms with Gasteiger partial charge in [0.2, 0.25) is 0 Å². The van der Waals surface area contributed by atoms with Crippen molar-refractivity contribution in [3.05, 3.63) is 60.9 Å². The van der Waals surface area contributed by atoms with E-state index in [1.165, 1.54) is 21.1 Å². The molecule has 0 saturated carbocycles. The van der Waals surface area contributed by atoms with Gasteiger partial charge in [-0.2, -0.15) is 13.2 Å². The van der Waals surface area contributed by atoms with Gasteiger partial charge >= 0.3 is 24.7 Å². The summed E-state index contributed by atoms with van der Waals surface area (Å²) in [4.78, 5) is 37.0. The lowest BCUT2D eigenvalue weighted by atomic mass is 10.2. The van der Waals surface area contributed by atoms with Gasteiger partial charge < -0.3 is 30.2 Å². The van der Waals surface area contributed by atoms with Gasteiger partial charge in [0.1, 0.15) is 10.6 Å². The van der Waals surface area contributed by atoms with Gasteiger partial charge in [0.05, 0.1) is 36.3 Å². The van der Waals surface area contributed by atoms with Crippen molar-refractivity contribution in [3.8, 4) is 5.75 Å². The zero-order valence-corrected chi connectivity index (χ0v) is 29.7. The fraction of sp³-hybridized carbons (Fsp3) is 0.200. The van der Waals surface area contributed by atoms with E-state index in [0.717, 1.165) is 12.1 Å². The number of alkyl carbamates (subject to hydrolysis) is 2. The Labute approximate surface area is 298 Å². The zero-order valence-electron chi connectivity index (χ0n) is 24.1. The molecular weight excluding hydrogens is 850 g/mol. The first-order chi connectivity index (χ1) is 22.2. The second-order valence-corrected chi connectivity index (χ2v) is 12.1. The van der Waals surface area contributed by atoms with Crippen LogP contribution in [0.2, 0.25) is 0 Å². The molecule has 2 aromatic carbocycles. The van der Waals surface area contributed by atoms with Crippen LogP contribution in [0.3, 0.4) is 0 Å². The SMILES string of the molecule is COC(=O)NC(=S)Nc1ccccc1NC(=S)NC(=O)OC.Cc1nc(C(F)(F)F)c(C(=O)Nc2c(Br)cc(OC(F)(F)F)cc2Br)s1. The van der Waals surface area contributed by atoms with Crippen LogP contribution < -0.4 is 31.3 Å². The second kappa shape index (κ2) is 17.6. The van der Waals surface area contributed by atoms with Crippen LogP contribution in [0.5, 0.6) is 5.75 Å². The number of para-hydroxylation sites is 2. The Balaban J connectivity index is 0.000000339. The van der Waals surface area contributed by atoms with Crippen molar-refractivity contribution >= 4 is 113 Å². The largest absolute Gasteiger partial charge is 0.573 e. The van der Waals surface area contributed by atoms with E-state index in [1.807, 2.05) is 0 Å². The van der Waals surface area contributed by atoms with Gasteiger partial charge in [0.15, 0.2) is 15.9 Å². The van der Waals surface area contributed by atoms with Crippen LogP contribution in [0.15, 0.2) is 45.3 Å². The van der Waals surface area contributed by atoms with E-state index in [1.54, 1.807) is 24.3 Å². The van der Waals surface area contributed by atoms with Crippen LogP contribution in [-0.4, -0.2) is 53.9 Å². The zero-order chi connectivity index (χ0) is 36.4. The van der Waals surface area contributed by atoms with Gasteiger partial charge in [0, 0.05) is 8.95 Å². The lowest BCUT2D eigenvalue weighted by Gasteiger charge is -2.15. The Kier molecular flexibility index (Phi) is 14.8. The molecule has 23 heteroatoms. The Morgan fingerprint density at radius 3 is 1.69 bits per heavy atom. The predicted molar refractivity (Wildman–Crippen MR) is 178 cm³/mol. The van der Waals surface area contributed by atoms with Crippen molar-refractivity contribution in [3.63, 3.8) is 0 Å². The van der Waals surface area contributed by atoms with Gasteiger partial charge in [-0.1, -0.05) is 12.1 Å². The number of nitrogens with one attached hydrogen (secondary N) is 5. The summed E-state index contributed by atoms with van der Waals surface area (Å²) in [5, 5.41) is 12.6. The van der Waals surface area contributed by atoms with Crippen molar-refractivity contribution in [2.24, 2.45) is 0 Å². The minimum Gasteiger partial charge on any atom is -0.453 e. The Morgan fingerprint density at radius 1 is 0.833 bits per heavy atom. The number of ether oxygens (including phenoxy) is 3. The van der Waals surface area contributed by atoms with Gasteiger partial charge in [-0.25, -0.2) is 14.6 Å². The predicted octanol–water partition coefficient (Wildman–Crippen LogP) is 7.94. The van der Waals surface area contributed by atoms with Crippen LogP contribution in [0, 0.1) is 6.92 Å². The first-order valence-electron chi connectivity index (χ1n) is 12.3. The summed E-state index contributed by atoms with van der Waals surface area (Å²) in [7, 11) is 2.45. The molecule has 12 nitrogen and oxygen atoms in total. The molecule has 0 saturated heterocycles. The van der Waals surface area contributed by atoms with Crippen LogP contribution in [0.1, 0.15) is 20.4 Å². The number of benzene rings is 2. The molecule has 5 N–H and O–H groups in total. The van der Waals surface area contributed by atoms with Crippen molar-refractivity contribution < 1.29 is 54.9 Å². The number of nitrogens with zero attached hydrogens (tertiary/aromatic N) is 1. The van der Waals surface area contributed by atoms with Gasteiger partial charge in [-0.05, 0) is 87.5 Å². The van der Waals surface area contributed by atoms with Crippen LogP contribution in [0.25, 0.3) is 0 Å². The highest BCUT2D eigenvalue weighted by atomic mass is 79.9. The molecule has 3 rings (SSSR count). The molecule has 0 unspecified atom stereocenters. The van der Waals surface area contributed by atoms with E-state index >= 15 is 0 Å². The van der Waals surface area contributed by atoms with E-state index in [4.69, 9.17) is 24.4 Å². The fourth-order valence-electron chi connectivity index (χ4n) is 3.10. The smallest absolute Gasteiger partial charge is 0.453 e. The van der Waals surface area contributed by atoms with Crippen molar-refractivity contribution in [1.82, 2.24) is 15.6 Å². The molecule has 3 amide bonds. The Bertz CT molecular complexity index is 1620. The second-order valence-electron chi connectivity index (χ2n) is 8.36. The first kappa shape index (κ1) is 40.4. The summed E-state index contributed by atoms with van der Waals surface area (Å²) in [5.41, 5.74) is -0.318. The van der Waals surface area contributed by atoms with E-state index in [0.29, 0.717) is 22.7 Å². The van der Waals surface area contributed by atoms with Crippen molar-refractivity contribution in [2.75, 3.05) is 30.2 Å². The standard InChI is InChI=1S/C13H6Br2F6N2O2S.C12H14N4O4S2/c1-4-22-10(12(16,17)18)9(26-4)11(24)23-8-6(14)2-5(3-7(8)15)25-13(19,20)21;1-19-11(17)15-9(21)13-7-5-3-4-6-8(7)14-10(22)16-12(18)20-2/h2-3H,1H3,(H,23,24);3-6H,1-2H3,(H2,13,15,17,21)(H2,14,16,18,22). The minimum absolute atomic E-state index is 0.0331. The molecule has 1 aromatic heterocycles. The van der Waals surface area contributed by atoms with Gasteiger partial charge in [0.25, 0.3) is 5.91 Å². The molecule has 0 aliphatic carbocycles. The first-order valence-corrected chi connectivity index (χ1v) is 15.5. The van der Waals surface area contributed by atoms with Crippen molar-refractivity contribution in [1.29, 1.82) is 0 Å². The van der Waals surface area contributed by atoms with E-state index < -0.39 is 47.0 Å². The number of methoxy groups -OCH3 is 2. The number of carbonyl (C=O) groups excluding carboxylic acids is 3. The van der Waals surface area contributed by atoms with Gasteiger partial charge in [-0.15, -0.1) is 24.5 Å². The number of aryl methyl sites for hydroxylation is 1. The lowest BCUT2D eigenvalue weighted by molar-refractivity contribution is -0.274. The minimum atomic E-state index is -4.93. The number of halogens is 8. The van der Waals surface area contributed by atoms with Crippen LogP contribution in [-0.2, 0) is 15.7 Å². The number of carbonyl (C=O) groups is 3. The maximum atomic E-state index is 13.0. The van der Waals surface area contributed by atoms with E-state index in [-0.39, 0.29) is 29.9 Å². The Hall–Kier alpha value is -3.80. The summed E-state index contributed by atoms with van der Waals surface area (Å²) in [6.07, 6.45) is -11.1. The maximum Gasteiger partial charge on any atom is 0.573 e. The highest BCUT2D eigenvalue weighted by Crippen LogP contribution is 2.39. The molecule has 260 valence electrons. The molecule has 0 bridgehead atoms.